The fraction of sp³-hybridized carbons (Fsp3) is 0.133. The molecule has 6 N–H and O–H groups in total. The zero-order chi connectivity index (χ0) is 29.8. The summed E-state index contributed by atoms with van der Waals surface area (Å²) in [5.41, 5.74) is 13.7. The molecular formula is C30H28N6O5S. The summed E-state index contributed by atoms with van der Waals surface area (Å²) >= 11 is 0.734. The Hall–Kier alpha value is -5.36. The van der Waals surface area contributed by atoms with Crippen LogP contribution >= 0.6 is 11.5 Å². The van der Waals surface area contributed by atoms with Gasteiger partial charge in [-0.25, -0.2) is 0 Å². The van der Waals surface area contributed by atoms with Gasteiger partial charge in [-0.05, 0) is 47.4 Å². The summed E-state index contributed by atoms with van der Waals surface area (Å²) in [7, 11) is 3.05. The van der Waals surface area contributed by atoms with Gasteiger partial charge in [0.2, 0.25) is 5.91 Å². The van der Waals surface area contributed by atoms with Crippen molar-refractivity contribution < 1.29 is 23.9 Å². The number of nitrogens with zero attached hydrogens (tertiary/aromatic N) is 2. The van der Waals surface area contributed by atoms with Gasteiger partial charge in [0.15, 0.2) is 5.69 Å². The molecule has 42 heavy (non-hydrogen) atoms. The van der Waals surface area contributed by atoms with Crippen LogP contribution in [0.1, 0.15) is 37.3 Å². The van der Waals surface area contributed by atoms with Crippen LogP contribution in [0.15, 0.2) is 79.0 Å². The van der Waals surface area contributed by atoms with E-state index in [0.717, 1.165) is 28.0 Å². The van der Waals surface area contributed by atoms with E-state index in [0.29, 0.717) is 22.7 Å². The van der Waals surface area contributed by atoms with E-state index in [2.05, 4.69) is 14.7 Å². The van der Waals surface area contributed by atoms with Crippen LogP contribution in [0.2, 0.25) is 0 Å². The molecule has 0 aliphatic carbocycles. The third-order valence-corrected chi connectivity index (χ3v) is 7.62. The molecule has 5 aromatic rings. The molecule has 11 nitrogen and oxygen atoms in total. The molecule has 1 unspecified atom stereocenters. The monoisotopic (exact) mass is 584 g/mol. The van der Waals surface area contributed by atoms with Crippen molar-refractivity contribution in [1.29, 1.82) is 0 Å². The van der Waals surface area contributed by atoms with Gasteiger partial charge in [-0.1, -0.05) is 42.5 Å². The van der Waals surface area contributed by atoms with E-state index in [1.807, 2.05) is 36.4 Å². The molecule has 3 aromatic carbocycles. The molecule has 2 heterocycles. The summed E-state index contributed by atoms with van der Waals surface area (Å²) in [5.74, 6) is -0.953. The highest BCUT2D eigenvalue weighted by Gasteiger charge is 2.38. The quantitative estimate of drug-likeness (QED) is 0.192. The molecule has 3 amide bonds. The average Bonchev–Trinajstić information content (AvgIpc) is 3.62. The first-order valence-corrected chi connectivity index (χ1v) is 13.6. The number of carbonyl (C=O) groups excluding carboxylic acids is 3. The number of nitrogens with two attached hydrogens (primary N) is 2. The van der Waals surface area contributed by atoms with Crippen molar-refractivity contribution in [3.8, 4) is 11.5 Å². The lowest BCUT2D eigenvalue weighted by atomic mass is 10.0. The Morgan fingerprint density at radius 2 is 1.71 bits per heavy atom. The third-order valence-electron chi connectivity index (χ3n) is 6.77. The number of primary amides is 1. The van der Waals surface area contributed by atoms with Gasteiger partial charge in [-0.15, -0.1) is 0 Å². The number of methoxy groups -OCH3 is 2. The molecule has 2 aromatic heterocycles. The zero-order valence-electron chi connectivity index (χ0n) is 22.8. The lowest BCUT2D eigenvalue weighted by Gasteiger charge is -2.32. The normalized spacial score (nSPS) is 11.6. The molecule has 12 heteroatoms. The van der Waals surface area contributed by atoms with Crippen LogP contribution in [-0.2, 0) is 11.3 Å². The molecule has 0 fully saturated rings. The number of fused-ring (bicyclic) bond motifs is 1. The van der Waals surface area contributed by atoms with Crippen molar-refractivity contribution in [1.82, 2.24) is 14.7 Å². The van der Waals surface area contributed by atoms with Gasteiger partial charge in [0.1, 0.15) is 22.4 Å². The minimum Gasteiger partial charge on any atom is -0.497 e. The molecule has 0 saturated heterocycles. The second-order valence-corrected chi connectivity index (χ2v) is 10.0. The number of carbonyl (C=O) groups is 3. The van der Waals surface area contributed by atoms with Crippen molar-refractivity contribution in [2.75, 3.05) is 24.9 Å². The molecule has 214 valence electrons. The molecule has 0 aliphatic heterocycles. The lowest BCUT2D eigenvalue weighted by Crippen LogP contribution is -2.44. The van der Waals surface area contributed by atoms with Gasteiger partial charge >= 0.3 is 0 Å². The van der Waals surface area contributed by atoms with Crippen LogP contribution in [0.5, 0.6) is 11.5 Å². The van der Waals surface area contributed by atoms with E-state index in [-0.39, 0.29) is 22.8 Å². The van der Waals surface area contributed by atoms with E-state index >= 15 is 0 Å². The molecule has 1 atom stereocenters. The van der Waals surface area contributed by atoms with Gasteiger partial charge in [0, 0.05) is 29.2 Å². The number of nitrogens with one attached hydrogen (secondary N) is 2. The Bertz CT molecular complexity index is 1760. The number of amides is 3. The van der Waals surface area contributed by atoms with E-state index in [1.54, 1.807) is 49.7 Å². The minimum absolute atomic E-state index is 0.0394. The lowest BCUT2D eigenvalue weighted by molar-refractivity contribution is -0.122. The van der Waals surface area contributed by atoms with Crippen LogP contribution in [0, 0.1) is 0 Å². The number of anilines is 2. The maximum absolute atomic E-state index is 14.4. The number of ether oxygens (including phenoxy) is 2. The van der Waals surface area contributed by atoms with Crippen molar-refractivity contribution in [2.45, 2.75) is 12.6 Å². The van der Waals surface area contributed by atoms with Crippen LogP contribution in [-0.4, -0.2) is 41.3 Å². The number of nitrogen functional groups attached to an aromatic ring is 1. The first-order chi connectivity index (χ1) is 20.3. The van der Waals surface area contributed by atoms with E-state index in [4.69, 9.17) is 20.9 Å². The second-order valence-electron chi connectivity index (χ2n) is 9.24. The zero-order valence-corrected chi connectivity index (χ0v) is 23.6. The molecule has 0 aliphatic rings. The van der Waals surface area contributed by atoms with Crippen LogP contribution in [0.4, 0.5) is 11.4 Å². The highest BCUT2D eigenvalue weighted by molar-refractivity contribution is 7.09. The minimum atomic E-state index is -1.19. The molecule has 5 rings (SSSR count). The van der Waals surface area contributed by atoms with Crippen LogP contribution in [0.3, 0.4) is 0 Å². The third kappa shape index (κ3) is 5.34. The predicted octanol–water partition coefficient (Wildman–Crippen LogP) is 4.03. The molecule has 0 radical (unpaired) electrons. The topological polar surface area (TPSA) is 166 Å². The fourth-order valence-corrected chi connectivity index (χ4v) is 5.42. The van der Waals surface area contributed by atoms with Crippen molar-refractivity contribution >= 4 is 51.5 Å². The maximum Gasteiger partial charge on any atom is 0.273 e. The number of benzene rings is 3. The molecular weight excluding hydrogens is 556 g/mol. The average molecular weight is 585 g/mol. The van der Waals surface area contributed by atoms with Crippen LogP contribution < -0.4 is 31.2 Å². The van der Waals surface area contributed by atoms with Gasteiger partial charge in [0.25, 0.3) is 11.8 Å². The van der Waals surface area contributed by atoms with Gasteiger partial charge in [-0.2, -0.15) is 4.37 Å². The van der Waals surface area contributed by atoms with Crippen molar-refractivity contribution in [3.05, 3.63) is 101 Å². The van der Waals surface area contributed by atoms with Gasteiger partial charge < -0.3 is 31.2 Å². The Kier molecular flexibility index (Phi) is 8.07. The van der Waals surface area contributed by atoms with Crippen LogP contribution in [0.25, 0.3) is 10.9 Å². The Morgan fingerprint density at radius 1 is 1.00 bits per heavy atom. The second kappa shape index (κ2) is 12.0. The number of aromatic nitrogens is 2. The Balaban J connectivity index is 1.66. The smallest absolute Gasteiger partial charge is 0.273 e. The summed E-state index contributed by atoms with van der Waals surface area (Å²) in [5, 5.41) is 3.72. The standard InChI is InChI=1S/C30H28N6O5S/c1-40-18-13-11-17(12-14-18)15-34-29(38)26(20-16-33-21-8-4-3-7-19(20)21)36(22-9-5-6-10-23(22)41-2)30(39)27-24(31)25(28(32)37)35-42-27/h3-14,16,26,33H,15,31H2,1-2H3,(H2,32,37)(H,34,38). The van der Waals surface area contributed by atoms with E-state index < -0.39 is 23.8 Å². The van der Waals surface area contributed by atoms with E-state index in [1.165, 1.54) is 12.0 Å². The van der Waals surface area contributed by atoms with Gasteiger partial charge in [-0.3, -0.25) is 19.3 Å². The fourth-order valence-electron chi connectivity index (χ4n) is 4.68. The number of hydrogen-bond acceptors (Lipinski definition) is 8. The Morgan fingerprint density at radius 3 is 2.40 bits per heavy atom. The van der Waals surface area contributed by atoms with Crippen molar-refractivity contribution in [3.63, 3.8) is 0 Å². The van der Waals surface area contributed by atoms with E-state index in [9.17, 15) is 14.4 Å². The first kappa shape index (κ1) is 28.2. The Labute approximate surface area is 245 Å². The molecule has 0 saturated carbocycles. The molecule has 0 spiro atoms. The van der Waals surface area contributed by atoms with Gasteiger partial charge in [0.05, 0.1) is 25.6 Å². The summed E-state index contributed by atoms with van der Waals surface area (Å²) in [6, 6.07) is 20.4. The SMILES string of the molecule is COc1ccc(CNC(=O)C(c2c[nH]c3ccccc23)N(C(=O)c2snc(C(N)=O)c2N)c2ccccc2OC)cc1. The number of hydrogen-bond donors (Lipinski definition) is 4. The van der Waals surface area contributed by atoms with Crippen molar-refractivity contribution in [2.24, 2.45) is 5.73 Å². The molecule has 0 bridgehead atoms. The summed E-state index contributed by atoms with van der Waals surface area (Å²) in [6.07, 6.45) is 1.70. The number of para-hydroxylation sites is 3. The summed E-state index contributed by atoms with van der Waals surface area (Å²) in [6.45, 7) is 0.185. The first-order valence-electron chi connectivity index (χ1n) is 12.8. The maximum atomic E-state index is 14.4. The number of H-pyrrole nitrogens is 1. The number of rotatable bonds is 10. The number of aromatic amines is 1. The highest BCUT2D eigenvalue weighted by Crippen LogP contribution is 2.39. The summed E-state index contributed by atoms with van der Waals surface area (Å²) in [4.78, 5) is 45.0. The largest absolute Gasteiger partial charge is 0.497 e. The highest BCUT2D eigenvalue weighted by atomic mass is 32.1. The summed E-state index contributed by atoms with van der Waals surface area (Å²) < 4.78 is 14.8. The predicted molar refractivity (Wildman–Crippen MR) is 161 cm³/mol.